The van der Waals surface area contributed by atoms with E-state index in [-0.39, 0.29) is 18.3 Å². The molecule has 0 aliphatic carbocycles. The summed E-state index contributed by atoms with van der Waals surface area (Å²) in [6, 6.07) is 7.39. The molecule has 0 heterocycles. The number of carbonyl (C=O) groups excluding carboxylic acids is 1. The standard InChI is InChI=1S/C11H15BrN2O.ClH/c1-8(13)11(15)14(2)7-9-5-3-4-6-10(9)12;/h3-6,8H,7,13H2,1-2H3;1H/t8-;/m0./s1. The van der Waals surface area contributed by atoms with Gasteiger partial charge in [0.05, 0.1) is 6.04 Å². The molecule has 2 N–H and O–H groups in total. The monoisotopic (exact) mass is 306 g/mol. The molecule has 0 saturated carbocycles. The second-order valence-electron chi connectivity index (χ2n) is 3.57. The topological polar surface area (TPSA) is 46.3 Å². The second kappa shape index (κ2) is 6.89. The molecule has 1 aromatic rings. The van der Waals surface area contributed by atoms with Crippen LogP contribution in [0.3, 0.4) is 0 Å². The molecular formula is C11H16BrClN2O. The molecule has 1 amide bonds. The first-order chi connectivity index (χ1) is 7.02. The van der Waals surface area contributed by atoms with E-state index in [1.165, 1.54) is 0 Å². The van der Waals surface area contributed by atoms with E-state index in [0.29, 0.717) is 6.54 Å². The average molecular weight is 308 g/mol. The van der Waals surface area contributed by atoms with Gasteiger partial charge in [0, 0.05) is 18.1 Å². The quantitative estimate of drug-likeness (QED) is 0.930. The van der Waals surface area contributed by atoms with Crippen molar-refractivity contribution in [2.45, 2.75) is 19.5 Å². The van der Waals surface area contributed by atoms with Crippen LogP contribution in [0.1, 0.15) is 12.5 Å². The number of halogens is 2. The second-order valence-corrected chi connectivity index (χ2v) is 4.43. The van der Waals surface area contributed by atoms with E-state index in [1.807, 2.05) is 24.3 Å². The van der Waals surface area contributed by atoms with E-state index in [9.17, 15) is 4.79 Å². The zero-order chi connectivity index (χ0) is 11.4. The van der Waals surface area contributed by atoms with E-state index in [2.05, 4.69) is 15.9 Å². The number of nitrogens with zero attached hydrogens (tertiary/aromatic N) is 1. The Labute approximate surface area is 111 Å². The predicted molar refractivity (Wildman–Crippen MR) is 71.5 cm³/mol. The van der Waals surface area contributed by atoms with Gasteiger partial charge in [-0.3, -0.25) is 4.79 Å². The van der Waals surface area contributed by atoms with Crippen molar-refractivity contribution in [3.05, 3.63) is 34.3 Å². The van der Waals surface area contributed by atoms with Gasteiger partial charge >= 0.3 is 0 Å². The SMILES string of the molecule is C[C@H](N)C(=O)N(C)Cc1ccccc1Br.Cl. The van der Waals surface area contributed by atoms with Crippen molar-refractivity contribution in [2.75, 3.05) is 7.05 Å². The number of nitrogens with two attached hydrogens (primary N) is 1. The van der Waals surface area contributed by atoms with Crippen molar-refractivity contribution in [2.24, 2.45) is 5.73 Å². The number of likely N-dealkylation sites (N-methyl/N-ethyl adjacent to an activating group) is 1. The molecule has 0 saturated heterocycles. The average Bonchev–Trinajstić information content (AvgIpc) is 2.20. The highest BCUT2D eigenvalue weighted by molar-refractivity contribution is 9.10. The van der Waals surface area contributed by atoms with E-state index in [1.54, 1.807) is 18.9 Å². The molecule has 0 aliphatic rings. The molecule has 3 nitrogen and oxygen atoms in total. The maximum atomic E-state index is 11.5. The largest absolute Gasteiger partial charge is 0.340 e. The van der Waals surface area contributed by atoms with Gasteiger partial charge in [-0.25, -0.2) is 0 Å². The summed E-state index contributed by atoms with van der Waals surface area (Å²) in [7, 11) is 1.76. The Morgan fingerprint density at radius 3 is 2.56 bits per heavy atom. The van der Waals surface area contributed by atoms with Crippen molar-refractivity contribution in [1.82, 2.24) is 4.90 Å². The van der Waals surface area contributed by atoms with Gasteiger partial charge < -0.3 is 10.6 Å². The van der Waals surface area contributed by atoms with Crippen LogP contribution in [0.25, 0.3) is 0 Å². The minimum Gasteiger partial charge on any atom is -0.340 e. The molecule has 0 bridgehead atoms. The van der Waals surface area contributed by atoms with Crippen LogP contribution in [-0.4, -0.2) is 23.9 Å². The molecule has 0 radical (unpaired) electrons. The summed E-state index contributed by atoms with van der Waals surface area (Å²) in [6.45, 7) is 2.26. The molecule has 0 unspecified atom stereocenters. The molecule has 90 valence electrons. The third-order valence-electron chi connectivity index (χ3n) is 2.13. The van der Waals surface area contributed by atoms with Crippen LogP contribution < -0.4 is 5.73 Å². The fourth-order valence-electron chi connectivity index (χ4n) is 1.31. The third-order valence-corrected chi connectivity index (χ3v) is 2.90. The molecule has 1 rings (SSSR count). The van der Waals surface area contributed by atoms with Crippen LogP contribution in [-0.2, 0) is 11.3 Å². The lowest BCUT2D eigenvalue weighted by atomic mass is 10.2. The lowest BCUT2D eigenvalue weighted by molar-refractivity contribution is -0.131. The van der Waals surface area contributed by atoms with Crippen molar-refractivity contribution < 1.29 is 4.79 Å². The first kappa shape index (κ1) is 15.4. The number of hydrogen-bond donors (Lipinski definition) is 1. The Kier molecular flexibility index (Phi) is 6.64. The molecule has 1 atom stereocenters. The zero-order valence-corrected chi connectivity index (χ0v) is 11.7. The van der Waals surface area contributed by atoms with Gasteiger partial charge in [-0.15, -0.1) is 12.4 Å². The Balaban J connectivity index is 0.00000225. The number of amides is 1. The highest BCUT2D eigenvalue weighted by atomic mass is 79.9. The first-order valence-corrected chi connectivity index (χ1v) is 5.55. The number of benzene rings is 1. The highest BCUT2D eigenvalue weighted by Gasteiger charge is 2.14. The molecule has 0 spiro atoms. The van der Waals surface area contributed by atoms with E-state index in [4.69, 9.17) is 5.73 Å². The molecule has 1 aromatic carbocycles. The van der Waals surface area contributed by atoms with Crippen molar-refractivity contribution in [1.29, 1.82) is 0 Å². The summed E-state index contributed by atoms with van der Waals surface area (Å²) < 4.78 is 1.01. The summed E-state index contributed by atoms with van der Waals surface area (Å²) in [5.41, 5.74) is 6.60. The minimum atomic E-state index is -0.447. The Bertz CT molecular complexity index is 358. The van der Waals surface area contributed by atoms with Gasteiger partial charge in [0.15, 0.2) is 0 Å². The van der Waals surface area contributed by atoms with Gasteiger partial charge in [-0.2, -0.15) is 0 Å². The van der Waals surface area contributed by atoms with Crippen molar-refractivity contribution >= 4 is 34.2 Å². The summed E-state index contributed by atoms with van der Waals surface area (Å²) in [4.78, 5) is 13.2. The molecule has 5 heteroatoms. The highest BCUT2D eigenvalue weighted by Crippen LogP contribution is 2.17. The van der Waals surface area contributed by atoms with Crippen LogP contribution in [0.15, 0.2) is 28.7 Å². The number of carbonyl (C=O) groups is 1. The Morgan fingerprint density at radius 1 is 1.50 bits per heavy atom. The first-order valence-electron chi connectivity index (χ1n) is 4.76. The van der Waals surface area contributed by atoms with Gasteiger partial charge in [0.25, 0.3) is 0 Å². The number of hydrogen-bond acceptors (Lipinski definition) is 2. The van der Waals surface area contributed by atoms with E-state index in [0.717, 1.165) is 10.0 Å². The minimum absolute atomic E-state index is 0. The van der Waals surface area contributed by atoms with E-state index >= 15 is 0 Å². The lowest BCUT2D eigenvalue weighted by Gasteiger charge is -2.19. The van der Waals surface area contributed by atoms with E-state index < -0.39 is 6.04 Å². The Hall–Kier alpha value is -0.580. The Morgan fingerprint density at radius 2 is 2.06 bits per heavy atom. The summed E-state index contributed by atoms with van der Waals surface area (Å²) in [5.74, 6) is -0.0502. The van der Waals surface area contributed by atoms with Gasteiger partial charge in [-0.1, -0.05) is 34.1 Å². The maximum Gasteiger partial charge on any atom is 0.239 e. The summed E-state index contributed by atoms with van der Waals surface area (Å²) in [6.07, 6.45) is 0. The van der Waals surface area contributed by atoms with Gasteiger partial charge in [0.1, 0.15) is 0 Å². The predicted octanol–water partition coefficient (Wildman–Crippen LogP) is 2.18. The number of rotatable bonds is 3. The smallest absolute Gasteiger partial charge is 0.239 e. The molecule has 0 aliphatic heterocycles. The third kappa shape index (κ3) is 4.12. The van der Waals surface area contributed by atoms with Crippen LogP contribution in [0, 0.1) is 0 Å². The lowest BCUT2D eigenvalue weighted by Crippen LogP contribution is -2.39. The molecular weight excluding hydrogens is 291 g/mol. The van der Waals surface area contributed by atoms with Crippen molar-refractivity contribution in [3.63, 3.8) is 0 Å². The van der Waals surface area contributed by atoms with Crippen molar-refractivity contribution in [3.8, 4) is 0 Å². The van der Waals surface area contributed by atoms with Gasteiger partial charge in [0.2, 0.25) is 5.91 Å². The molecule has 0 fully saturated rings. The molecule has 16 heavy (non-hydrogen) atoms. The normalized spacial score (nSPS) is 11.5. The van der Waals surface area contributed by atoms with Crippen LogP contribution in [0.2, 0.25) is 0 Å². The van der Waals surface area contributed by atoms with Gasteiger partial charge in [-0.05, 0) is 18.6 Å². The summed E-state index contributed by atoms with van der Waals surface area (Å²) >= 11 is 3.44. The summed E-state index contributed by atoms with van der Waals surface area (Å²) in [5, 5.41) is 0. The zero-order valence-electron chi connectivity index (χ0n) is 9.31. The van der Waals surface area contributed by atoms with Crippen LogP contribution in [0.4, 0.5) is 0 Å². The van der Waals surface area contributed by atoms with Crippen LogP contribution in [0.5, 0.6) is 0 Å². The molecule has 0 aromatic heterocycles. The fraction of sp³-hybridized carbons (Fsp3) is 0.364. The van der Waals surface area contributed by atoms with Crippen LogP contribution >= 0.6 is 28.3 Å². The maximum absolute atomic E-state index is 11.5. The fourth-order valence-corrected chi connectivity index (χ4v) is 1.72.